The van der Waals surface area contributed by atoms with Gasteiger partial charge in [-0.15, -0.1) is 0 Å². The molecule has 5 aromatic carbocycles. The van der Waals surface area contributed by atoms with E-state index in [2.05, 4.69) is 141 Å². The van der Waals surface area contributed by atoms with Crippen LogP contribution in [0.5, 0.6) is 0 Å². The first-order valence-electron chi connectivity index (χ1n) is 19.1. The van der Waals surface area contributed by atoms with E-state index in [0.29, 0.717) is 0 Å². The molecule has 2 heteroatoms. The number of aliphatic imine (C=N–C) groups is 1. The minimum atomic E-state index is 0.203. The summed E-state index contributed by atoms with van der Waals surface area (Å²) in [5.41, 5.74) is 14.4. The van der Waals surface area contributed by atoms with E-state index in [9.17, 15) is 0 Å². The second kappa shape index (κ2) is 16.3. The SMILES string of the molecule is CCCCCCc1ccc(C2=Nc3cc4c(-c5ccccc5)cc(-c5ccc(CCCCCC)cc5)nc4cc3C(c3ccccc3)C2)cc1. The van der Waals surface area contributed by atoms with Crippen LogP contribution in [-0.2, 0) is 12.8 Å². The van der Waals surface area contributed by atoms with Gasteiger partial charge in [0, 0.05) is 29.0 Å². The van der Waals surface area contributed by atoms with Crippen LogP contribution in [0.1, 0.15) is 105 Å². The summed E-state index contributed by atoms with van der Waals surface area (Å²) in [5, 5.41) is 1.14. The molecule has 0 fully saturated rings. The standard InChI is InChI=1S/C48H50N2/c1-3-5-7-11-17-35-23-27-39(28-24-35)45-31-41(37-19-13-9-14-20-37)43-34-48-44(33-47(43)49-45)42(38-21-15-10-16-22-38)32-46(50-48)40-29-25-36(26-30-40)18-12-8-6-4-2/h9-10,13-16,19-31,33-34,42H,3-8,11-12,17-18,32H2,1-2H3. The summed E-state index contributed by atoms with van der Waals surface area (Å²) in [5.74, 6) is 0.203. The van der Waals surface area contributed by atoms with Crippen molar-refractivity contribution in [1.29, 1.82) is 0 Å². The number of benzene rings is 5. The van der Waals surface area contributed by atoms with Crippen molar-refractivity contribution >= 4 is 22.3 Å². The molecular formula is C48H50N2. The molecule has 2 heterocycles. The van der Waals surface area contributed by atoms with E-state index in [1.54, 1.807) is 0 Å². The number of rotatable bonds is 14. The number of fused-ring (bicyclic) bond motifs is 2. The van der Waals surface area contributed by atoms with E-state index in [0.717, 1.165) is 52.8 Å². The number of aryl methyl sites for hydroxylation is 2. The summed E-state index contributed by atoms with van der Waals surface area (Å²) in [6.45, 7) is 4.54. The van der Waals surface area contributed by atoms with Crippen molar-refractivity contribution in [3.05, 3.63) is 155 Å². The van der Waals surface area contributed by atoms with E-state index in [-0.39, 0.29) is 5.92 Å². The van der Waals surface area contributed by atoms with Crippen LogP contribution in [0.3, 0.4) is 0 Å². The zero-order valence-electron chi connectivity index (χ0n) is 29.9. The number of hydrogen-bond donors (Lipinski definition) is 0. The molecule has 1 atom stereocenters. The zero-order chi connectivity index (χ0) is 34.1. The molecule has 1 aromatic heterocycles. The highest BCUT2D eigenvalue weighted by Crippen LogP contribution is 2.44. The summed E-state index contributed by atoms with van der Waals surface area (Å²) in [7, 11) is 0. The average Bonchev–Trinajstić information content (AvgIpc) is 3.18. The number of hydrogen-bond acceptors (Lipinski definition) is 2. The number of nitrogens with zero attached hydrogens (tertiary/aromatic N) is 2. The third-order valence-corrected chi connectivity index (χ3v) is 10.4. The number of unbranched alkanes of at least 4 members (excludes halogenated alkanes) is 6. The van der Waals surface area contributed by atoms with Gasteiger partial charge in [0.05, 0.1) is 16.9 Å². The van der Waals surface area contributed by atoms with E-state index in [1.807, 2.05) is 0 Å². The van der Waals surface area contributed by atoms with Crippen LogP contribution in [0.2, 0.25) is 0 Å². The van der Waals surface area contributed by atoms with Gasteiger partial charge in [-0.1, -0.05) is 162 Å². The minimum absolute atomic E-state index is 0.203. The van der Waals surface area contributed by atoms with Gasteiger partial charge in [0.1, 0.15) is 0 Å². The van der Waals surface area contributed by atoms with Crippen molar-refractivity contribution in [2.45, 2.75) is 90.4 Å². The molecule has 0 radical (unpaired) electrons. The van der Waals surface area contributed by atoms with Gasteiger partial charge in [-0.3, -0.25) is 4.99 Å². The summed E-state index contributed by atoms with van der Waals surface area (Å²) in [6.07, 6.45) is 13.4. The van der Waals surface area contributed by atoms with Crippen molar-refractivity contribution < 1.29 is 0 Å². The minimum Gasteiger partial charge on any atom is -0.252 e. The molecule has 6 aromatic rings. The van der Waals surface area contributed by atoms with Gasteiger partial charge < -0.3 is 0 Å². The van der Waals surface area contributed by atoms with E-state index >= 15 is 0 Å². The Hall–Kier alpha value is -4.82. The quantitative estimate of drug-likeness (QED) is 0.107. The predicted molar refractivity (Wildman–Crippen MR) is 214 cm³/mol. The summed E-state index contributed by atoms with van der Waals surface area (Å²) in [4.78, 5) is 10.8. The molecule has 2 nitrogen and oxygen atoms in total. The van der Waals surface area contributed by atoms with Crippen molar-refractivity contribution in [2.75, 3.05) is 0 Å². The Labute approximate surface area is 299 Å². The Morgan fingerprint density at radius 1 is 0.560 bits per heavy atom. The van der Waals surface area contributed by atoms with Gasteiger partial charge in [0.2, 0.25) is 0 Å². The fourth-order valence-electron chi connectivity index (χ4n) is 7.54. The molecule has 1 aliphatic rings. The van der Waals surface area contributed by atoms with Gasteiger partial charge >= 0.3 is 0 Å². The fraction of sp³-hybridized carbons (Fsp3) is 0.292. The molecule has 0 N–H and O–H groups in total. The molecule has 0 saturated heterocycles. The Bertz CT molecular complexity index is 2020. The molecule has 0 aliphatic carbocycles. The van der Waals surface area contributed by atoms with Crippen molar-refractivity contribution in [3.63, 3.8) is 0 Å². The third-order valence-electron chi connectivity index (χ3n) is 10.4. The van der Waals surface area contributed by atoms with Crippen LogP contribution in [0.15, 0.2) is 132 Å². The Balaban J connectivity index is 1.30. The van der Waals surface area contributed by atoms with Crippen LogP contribution in [0.4, 0.5) is 5.69 Å². The Morgan fingerprint density at radius 3 is 1.78 bits per heavy atom. The van der Waals surface area contributed by atoms with Crippen LogP contribution in [-0.4, -0.2) is 10.7 Å². The molecule has 50 heavy (non-hydrogen) atoms. The highest BCUT2D eigenvalue weighted by Gasteiger charge is 2.27. The smallest absolute Gasteiger partial charge is 0.0720 e. The molecule has 0 bridgehead atoms. The second-order valence-corrected chi connectivity index (χ2v) is 14.1. The van der Waals surface area contributed by atoms with Crippen LogP contribution in [0.25, 0.3) is 33.3 Å². The van der Waals surface area contributed by atoms with Crippen molar-refractivity contribution in [2.24, 2.45) is 4.99 Å². The predicted octanol–water partition coefficient (Wildman–Crippen LogP) is 13.5. The lowest BCUT2D eigenvalue weighted by Crippen LogP contribution is -2.15. The van der Waals surface area contributed by atoms with Gasteiger partial charge in [-0.2, -0.15) is 0 Å². The van der Waals surface area contributed by atoms with Gasteiger partial charge in [-0.25, -0.2) is 4.98 Å². The Morgan fingerprint density at radius 2 is 1.16 bits per heavy atom. The molecule has 1 unspecified atom stereocenters. The largest absolute Gasteiger partial charge is 0.252 e. The summed E-state index contributed by atoms with van der Waals surface area (Å²) < 4.78 is 0. The van der Waals surface area contributed by atoms with Crippen LogP contribution in [0, 0.1) is 0 Å². The summed E-state index contributed by atoms with van der Waals surface area (Å²) >= 11 is 0. The Kier molecular flexibility index (Phi) is 10.9. The van der Waals surface area contributed by atoms with Crippen LogP contribution >= 0.6 is 0 Å². The zero-order valence-corrected chi connectivity index (χ0v) is 29.9. The highest BCUT2D eigenvalue weighted by molar-refractivity contribution is 6.06. The molecule has 0 spiro atoms. The average molecular weight is 655 g/mol. The third kappa shape index (κ3) is 7.81. The first kappa shape index (κ1) is 33.7. The molecule has 0 saturated carbocycles. The maximum atomic E-state index is 5.41. The second-order valence-electron chi connectivity index (χ2n) is 14.1. The lowest BCUT2D eigenvalue weighted by atomic mass is 9.81. The van der Waals surface area contributed by atoms with E-state index in [4.69, 9.17) is 9.98 Å². The number of pyridine rings is 1. The number of aromatic nitrogens is 1. The topological polar surface area (TPSA) is 25.2 Å². The van der Waals surface area contributed by atoms with E-state index in [1.165, 1.54) is 90.3 Å². The maximum absolute atomic E-state index is 5.41. The lowest BCUT2D eigenvalue weighted by Gasteiger charge is -2.26. The van der Waals surface area contributed by atoms with Gasteiger partial charge in [0.25, 0.3) is 0 Å². The van der Waals surface area contributed by atoms with Crippen molar-refractivity contribution in [1.82, 2.24) is 4.98 Å². The summed E-state index contributed by atoms with van der Waals surface area (Å²) in [6, 6.07) is 47.0. The van der Waals surface area contributed by atoms with Crippen molar-refractivity contribution in [3.8, 4) is 22.4 Å². The maximum Gasteiger partial charge on any atom is 0.0720 e. The van der Waals surface area contributed by atoms with Gasteiger partial charge in [-0.05, 0) is 82.8 Å². The van der Waals surface area contributed by atoms with E-state index < -0.39 is 0 Å². The first-order valence-corrected chi connectivity index (χ1v) is 19.1. The van der Waals surface area contributed by atoms with Crippen LogP contribution < -0.4 is 0 Å². The molecule has 1 aliphatic heterocycles. The molecular weight excluding hydrogens is 605 g/mol. The fourth-order valence-corrected chi connectivity index (χ4v) is 7.54. The molecule has 7 rings (SSSR count). The normalized spacial score (nSPS) is 14.0. The first-order chi connectivity index (χ1) is 24.7. The van der Waals surface area contributed by atoms with Gasteiger partial charge in [0.15, 0.2) is 0 Å². The molecule has 0 amide bonds. The lowest BCUT2D eigenvalue weighted by molar-refractivity contribution is 0.667. The molecule has 252 valence electrons. The highest BCUT2D eigenvalue weighted by atomic mass is 14.8. The monoisotopic (exact) mass is 654 g/mol.